The lowest BCUT2D eigenvalue weighted by atomic mass is 9.96. The molecule has 0 saturated heterocycles. The van der Waals surface area contributed by atoms with E-state index in [2.05, 4.69) is 10.3 Å². The van der Waals surface area contributed by atoms with Crippen LogP contribution in [0.5, 0.6) is 0 Å². The molecule has 2 aromatic carbocycles. The number of nitrogens with one attached hydrogen (secondary N) is 1. The molecule has 0 bridgehead atoms. The third kappa shape index (κ3) is 4.43. The van der Waals surface area contributed by atoms with Gasteiger partial charge in [0.05, 0.1) is 6.54 Å². The van der Waals surface area contributed by atoms with Gasteiger partial charge in [0.25, 0.3) is 0 Å². The summed E-state index contributed by atoms with van der Waals surface area (Å²) >= 11 is 0. The van der Waals surface area contributed by atoms with Crippen LogP contribution in [0.1, 0.15) is 24.0 Å². The zero-order valence-corrected chi connectivity index (χ0v) is 15.4. The molecule has 0 unspecified atom stereocenters. The van der Waals surface area contributed by atoms with E-state index in [-0.39, 0.29) is 35.2 Å². The van der Waals surface area contributed by atoms with E-state index in [1.54, 1.807) is 12.1 Å². The van der Waals surface area contributed by atoms with Crippen LogP contribution in [0, 0.1) is 12.7 Å². The average Bonchev–Trinajstić information content (AvgIpc) is 3.29. The molecule has 1 aliphatic carbocycles. The fraction of sp³-hybridized carbons (Fsp3) is 0.278. The van der Waals surface area contributed by atoms with E-state index >= 15 is 0 Å². The largest absolute Gasteiger partial charge is 0.370 e. The molecule has 0 aliphatic heterocycles. The number of guanidine groups is 1. The molecule has 23 heavy (non-hydrogen) atoms. The molecular weight excluding hydrogens is 404 g/mol. The summed E-state index contributed by atoms with van der Waals surface area (Å²) < 4.78 is 13.4. The Morgan fingerprint density at radius 1 is 1.22 bits per heavy atom. The number of aliphatic imine (C=N–C) groups is 1. The Morgan fingerprint density at radius 3 is 2.52 bits per heavy atom. The molecule has 0 spiro atoms. The highest BCUT2D eigenvalue weighted by atomic mass is 127. The molecule has 0 aromatic heterocycles. The molecule has 2 aromatic rings. The first-order valence-corrected chi connectivity index (χ1v) is 7.47. The lowest BCUT2D eigenvalue weighted by Crippen LogP contribution is -2.25. The number of hydrogen-bond acceptors (Lipinski definition) is 1. The van der Waals surface area contributed by atoms with Crippen molar-refractivity contribution in [3.8, 4) is 0 Å². The van der Waals surface area contributed by atoms with Crippen molar-refractivity contribution in [2.75, 3.05) is 11.9 Å². The Bertz CT molecular complexity index is 694. The highest BCUT2D eigenvalue weighted by Crippen LogP contribution is 2.48. The quantitative estimate of drug-likeness (QED) is 0.438. The normalized spacial score (nSPS) is 15.7. The first kappa shape index (κ1) is 17.7. The standard InChI is InChI=1S/C18H20FN3.HI/c1-13-5-7-16(8-6-13)22-17(20)21-12-18(9-10-18)14-3-2-4-15(19)11-14;/h2-8,11H,9-10,12H2,1H3,(H3,20,21,22);1H. The first-order valence-electron chi connectivity index (χ1n) is 7.47. The summed E-state index contributed by atoms with van der Waals surface area (Å²) in [6, 6.07) is 14.8. The Labute approximate surface area is 153 Å². The maximum Gasteiger partial charge on any atom is 0.193 e. The molecule has 1 aliphatic rings. The predicted molar refractivity (Wildman–Crippen MR) is 104 cm³/mol. The molecule has 0 atom stereocenters. The lowest BCUT2D eigenvalue weighted by molar-refractivity contribution is 0.616. The van der Waals surface area contributed by atoms with Gasteiger partial charge in [-0.15, -0.1) is 24.0 Å². The second-order valence-corrected chi connectivity index (χ2v) is 5.98. The van der Waals surface area contributed by atoms with Gasteiger partial charge in [0.2, 0.25) is 0 Å². The van der Waals surface area contributed by atoms with Crippen LogP contribution in [-0.2, 0) is 5.41 Å². The van der Waals surface area contributed by atoms with Crippen molar-refractivity contribution in [2.24, 2.45) is 10.7 Å². The van der Waals surface area contributed by atoms with Crippen LogP contribution in [0.3, 0.4) is 0 Å². The van der Waals surface area contributed by atoms with Crippen molar-refractivity contribution >= 4 is 35.6 Å². The molecule has 3 N–H and O–H groups in total. The topological polar surface area (TPSA) is 50.4 Å². The van der Waals surface area contributed by atoms with E-state index < -0.39 is 0 Å². The number of benzene rings is 2. The fourth-order valence-corrected chi connectivity index (χ4v) is 2.57. The molecule has 3 nitrogen and oxygen atoms in total. The van der Waals surface area contributed by atoms with Crippen molar-refractivity contribution < 1.29 is 4.39 Å². The van der Waals surface area contributed by atoms with E-state index in [9.17, 15) is 4.39 Å². The van der Waals surface area contributed by atoms with Gasteiger partial charge >= 0.3 is 0 Å². The third-order valence-corrected chi connectivity index (χ3v) is 4.17. The monoisotopic (exact) mass is 425 g/mol. The second-order valence-electron chi connectivity index (χ2n) is 5.98. The minimum absolute atomic E-state index is 0. The zero-order chi connectivity index (χ0) is 15.6. The van der Waals surface area contributed by atoms with Crippen LogP contribution in [0.2, 0.25) is 0 Å². The summed E-state index contributed by atoms with van der Waals surface area (Å²) in [5.41, 5.74) is 9.04. The molecule has 5 heteroatoms. The molecule has 0 amide bonds. The van der Waals surface area contributed by atoms with E-state index in [1.807, 2.05) is 37.3 Å². The Balaban J connectivity index is 0.00000192. The number of hydrogen-bond donors (Lipinski definition) is 2. The first-order chi connectivity index (χ1) is 10.6. The van der Waals surface area contributed by atoms with Gasteiger partial charge in [-0.05, 0) is 49.6 Å². The maximum absolute atomic E-state index is 13.4. The van der Waals surface area contributed by atoms with Crippen molar-refractivity contribution in [2.45, 2.75) is 25.2 Å². The molecule has 0 radical (unpaired) electrons. The molecule has 0 heterocycles. The van der Waals surface area contributed by atoms with E-state index in [0.29, 0.717) is 12.5 Å². The van der Waals surface area contributed by atoms with Crippen LogP contribution < -0.4 is 11.1 Å². The molecule has 1 saturated carbocycles. The van der Waals surface area contributed by atoms with Gasteiger partial charge in [0.1, 0.15) is 5.82 Å². The van der Waals surface area contributed by atoms with Crippen LogP contribution in [0.15, 0.2) is 53.5 Å². The molecule has 122 valence electrons. The van der Waals surface area contributed by atoms with Crippen LogP contribution in [0.4, 0.5) is 10.1 Å². The SMILES string of the molecule is Cc1ccc(NC(N)=NCC2(c3cccc(F)c3)CC2)cc1.I. The van der Waals surface area contributed by atoms with Crippen molar-refractivity contribution in [1.82, 2.24) is 0 Å². The van der Waals surface area contributed by atoms with E-state index in [1.165, 1.54) is 11.6 Å². The summed E-state index contributed by atoms with van der Waals surface area (Å²) in [6.07, 6.45) is 2.05. The highest BCUT2D eigenvalue weighted by Gasteiger charge is 2.44. The van der Waals surface area contributed by atoms with Gasteiger partial charge in [0.15, 0.2) is 5.96 Å². The molecular formula is C18H21FIN3. The third-order valence-electron chi connectivity index (χ3n) is 4.17. The van der Waals surface area contributed by atoms with Crippen molar-refractivity contribution in [1.29, 1.82) is 0 Å². The lowest BCUT2D eigenvalue weighted by Gasteiger charge is -2.14. The summed E-state index contributed by atoms with van der Waals surface area (Å²) in [7, 11) is 0. The van der Waals surface area contributed by atoms with Crippen LogP contribution in [-0.4, -0.2) is 12.5 Å². The van der Waals surface area contributed by atoms with Crippen molar-refractivity contribution in [3.05, 3.63) is 65.5 Å². The maximum atomic E-state index is 13.4. The Morgan fingerprint density at radius 2 is 1.91 bits per heavy atom. The van der Waals surface area contributed by atoms with Crippen LogP contribution in [0.25, 0.3) is 0 Å². The number of nitrogens with two attached hydrogens (primary N) is 1. The Hall–Kier alpha value is -1.63. The number of anilines is 1. The minimum Gasteiger partial charge on any atom is -0.370 e. The second kappa shape index (κ2) is 7.29. The van der Waals surface area contributed by atoms with Gasteiger partial charge in [0, 0.05) is 11.1 Å². The molecule has 3 rings (SSSR count). The minimum atomic E-state index is -0.196. The van der Waals surface area contributed by atoms with Crippen LogP contribution >= 0.6 is 24.0 Å². The Kier molecular flexibility index (Phi) is 5.62. The number of rotatable bonds is 4. The van der Waals surface area contributed by atoms with E-state index in [0.717, 1.165) is 24.1 Å². The van der Waals surface area contributed by atoms with Gasteiger partial charge in [-0.3, -0.25) is 4.99 Å². The predicted octanol–water partition coefficient (Wildman–Crippen LogP) is 4.21. The summed E-state index contributed by atoms with van der Waals surface area (Å²) in [6.45, 7) is 2.62. The number of aryl methyl sites for hydroxylation is 1. The zero-order valence-electron chi connectivity index (χ0n) is 13.1. The molecule has 1 fully saturated rings. The van der Waals surface area contributed by atoms with Gasteiger partial charge < -0.3 is 11.1 Å². The van der Waals surface area contributed by atoms with Crippen molar-refractivity contribution in [3.63, 3.8) is 0 Å². The smallest absolute Gasteiger partial charge is 0.193 e. The summed E-state index contributed by atoms with van der Waals surface area (Å²) in [5, 5.41) is 3.09. The van der Waals surface area contributed by atoms with Gasteiger partial charge in [-0.2, -0.15) is 0 Å². The fourth-order valence-electron chi connectivity index (χ4n) is 2.57. The average molecular weight is 425 g/mol. The van der Waals surface area contributed by atoms with E-state index in [4.69, 9.17) is 5.73 Å². The number of halogens is 2. The number of nitrogens with zero attached hydrogens (tertiary/aromatic N) is 1. The summed E-state index contributed by atoms with van der Waals surface area (Å²) in [4.78, 5) is 4.44. The van der Waals surface area contributed by atoms with Gasteiger partial charge in [-0.1, -0.05) is 29.8 Å². The van der Waals surface area contributed by atoms with Gasteiger partial charge in [-0.25, -0.2) is 4.39 Å². The summed E-state index contributed by atoms with van der Waals surface area (Å²) in [5.74, 6) is 0.199. The highest BCUT2D eigenvalue weighted by molar-refractivity contribution is 14.0.